The Bertz CT molecular complexity index is 210. The fourth-order valence-corrected chi connectivity index (χ4v) is 2.45. The molecule has 16 heavy (non-hydrogen) atoms. The first kappa shape index (κ1) is 13.7. The second kappa shape index (κ2) is 6.36. The summed E-state index contributed by atoms with van der Waals surface area (Å²) >= 11 is 0. The summed E-state index contributed by atoms with van der Waals surface area (Å²) in [6.07, 6.45) is 6.00. The monoisotopic (exact) mass is 227 g/mol. The maximum absolute atomic E-state index is 11.2. The van der Waals surface area contributed by atoms with Crippen molar-refractivity contribution < 1.29 is 9.53 Å². The molecule has 0 aromatic heterocycles. The zero-order valence-corrected chi connectivity index (χ0v) is 10.9. The van der Waals surface area contributed by atoms with Crippen molar-refractivity contribution in [1.82, 2.24) is 4.90 Å². The summed E-state index contributed by atoms with van der Waals surface area (Å²) in [5.74, 6) is 0. The molecule has 1 aliphatic rings. The van der Waals surface area contributed by atoms with Gasteiger partial charge in [0.05, 0.1) is 12.7 Å². The van der Waals surface area contributed by atoms with E-state index in [0.717, 1.165) is 32.5 Å². The molecule has 0 radical (unpaired) electrons. The maximum Gasteiger partial charge on any atom is 0.127 e. The molecular formula is C13H25NO2. The van der Waals surface area contributed by atoms with Crippen molar-refractivity contribution in [2.45, 2.75) is 45.6 Å². The molecule has 0 aliphatic heterocycles. The van der Waals surface area contributed by atoms with E-state index in [0.29, 0.717) is 6.10 Å². The van der Waals surface area contributed by atoms with Crippen LogP contribution in [-0.2, 0) is 9.53 Å². The Kier molecular flexibility index (Phi) is 5.42. The van der Waals surface area contributed by atoms with Gasteiger partial charge in [-0.2, -0.15) is 0 Å². The Hall–Kier alpha value is -0.410. The van der Waals surface area contributed by atoms with Crippen LogP contribution in [0.25, 0.3) is 0 Å². The van der Waals surface area contributed by atoms with Gasteiger partial charge < -0.3 is 14.4 Å². The highest BCUT2D eigenvalue weighted by Crippen LogP contribution is 2.36. The summed E-state index contributed by atoms with van der Waals surface area (Å²) in [4.78, 5) is 13.4. The van der Waals surface area contributed by atoms with E-state index < -0.39 is 0 Å². The zero-order valence-electron chi connectivity index (χ0n) is 10.9. The smallest absolute Gasteiger partial charge is 0.127 e. The number of aldehydes is 1. The van der Waals surface area contributed by atoms with Crippen molar-refractivity contribution >= 4 is 6.29 Å². The number of hydrogen-bond donors (Lipinski definition) is 0. The topological polar surface area (TPSA) is 29.5 Å². The number of likely N-dealkylation sites (N-methyl/N-ethyl adjacent to an activating group) is 1. The van der Waals surface area contributed by atoms with Crippen LogP contribution in [0.1, 0.15) is 39.5 Å². The predicted octanol–water partition coefficient (Wildman–Crippen LogP) is 2.10. The predicted molar refractivity (Wildman–Crippen MR) is 65.6 cm³/mol. The Balaban J connectivity index is 2.26. The van der Waals surface area contributed by atoms with E-state index in [2.05, 4.69) is 11.9 Å². The van der Waals surface area contributed by atoms with E-state index in [1.54, 1.807) is 0 Å². The lowest BCUT2D eigenvalue weighted by Crippen LogP contribution is -2.36. The molecule has 0 heterocycles. The highest BCUT2D eigenvalue weighted by Gasteiger charge is 2.34. The molecule has 0 unspecified atom stereocenters. The SMILES string of the molecule is CC(C)OCCN(C)CC1(C=O)CCCC1. The first-order valence-electron chi connectivity index (χ1n) is 6.34. The van der Waals surface area contributed by atoms with E-state index in [9.17, 15) is 4.79 Å². The molecule has 0 aromatic carbocycles. The number of nitrogens with zero attached hydrogens (tertiary/aromatic N) is 1. The summed E-state index contributed by atoms with van der Waals surface area (Å²) < 4.78 is 5.51. The fraction of sp³-hybridized carbons (Fsp3) is 0.923. The minimum absolute atomic E-state index is 0.0629. The van der Waals surface area contributed by atoms with E-state index in [1.165, 1.54) is 19.1 Å². The van der Waals surface area contributed by atoms with Crippen LogP contribution in [0.5, 0.6) is 0 Å². The molecule has 0 N–H and O–H groups in total. The van der Waals surface area contributed by atoms with Crippen LogP contribution in [0, 0.1) is 5.41 Å². The molecule has 1 fully saturated rings. The van der Waals surface area contributed by atoms with Crippen LogP contribution in [0.2, 0.25) is 0 Å². The van der Waals surface area contributed by atoms with Crippen molar-refractivity contribution in [2.24, 2.45) is 5.41 Å². The van der Waals surface area contributed by atoms with Gasteiger partial charge in [-0.15, -0.1) is 0 Å². The van der Waals surface area contributed by atoms with Crippen LogP contribution >= 0.6 is 0 Å². The van der Waals surface area contributed by atoms with Crippen molar-refractivity contribution in [3.63, 3.8) is 0 Å². The van der Waals surface area contributed by atoms with Crippen LogP contribution in [0.4, 0.5) is 0 Å². The van der Waals surface area contributed by atoms with Gasteiger partial charge in [0.2, 0.25) is 0 Å². The van der Waals surface area contributed by atoms with Gasteiger partial charge in [0, 0.05) is 18.5 Å². The van der Waals surface area contributed by atoms with E-state index in [-0.39, 0.29) is 5.41 Å². The molecule has 1 saturated carbocycles. The Morgan fingerprint density at radius 2 is 2.00 bits per heavy atom. The first-order valence-corrected chi connectivity index (χ1v) is 6.34. The Morgan fingerprint density at radius 1 is 1.38 bits per heavy atom. The quantitative estimate of drug-likeness (QED) is 0.624. The second-order valence-corrected chi connectivity index (χ2v) is 5.34. The lowest BCUT2D eigenvalue weighted by atomic mass is 9.87. The maximum atomic E-state index is 11.2. The lowest BCUT2D eigenvalue weighted by Gasteiger charge is -2.28. The zero-order chi connectivity index (χ0) is 12.0. The van der Waals surface area contributed by atoms with Gasteiger partial charge in [0.25, 0.3) is 0 Å². The number of ether oxygens (including phenoxy) is 1. The fourth-order valence-electron chi connectivity index (χ4n) is 2.45. The molecule has 94 valence electrons. The van der Waals surface area contributed by atoms with Crippen molar-refractivity contribution in [3.05, 3.63) is 0 Å². The molecule has 3 nitrogen and oxygen atoms in total. The van der Waals surface area contributed by atoms with E-state index in [4.69, 9.17) is 4.74 Å². The first-order chi connectivity index (χ1) is 7.58. The number of hydrogen-bond acceptors (Lipinski definition) is 3. The average molecular weight is 227 g/mol. The molecule has 0 aromatic rings. The summed E-state index contributed by atoms with van der Waals surface area (Å²) in [6, 6.07) is 0. The summed E-state index contributed by atoms with van der Waals surface area (Å²) in [5, 5.41) is 0. The van der Waals surface area contributed by atoms with Crippen molar-refractivity contribution in [3.8, 4) is 0 Å². The summed E-state index contributed by atoms with van der Waals surface area (Å²) in [6.45, 7) is 6.64. The molecular weight excluding hydrogens is 202 g/mol. The van der Waals surface area contributed by atoms with Crippen molar-refractivity contribution in [1.29, 1.82) is 0 Å². The van der Waals surface area contributed by atoms with Crippen LogP contribution in [0.15, 0.2) is 0 Å². The molecule has 0 bridgehead atoms. The third kappa shape index (κ3) is 4.22. The average Bonchev–Trinajstić information content (AvgIpc) is 2.66. The Labute approximate surface area is 99.1 Å². The highest BCUT2D eigenvalue weighted by molar-refractivity contribution is 5.60. The van der Waals surface area contributed by atoms with Gasteiger partial charge in [0.1, 0.15) is 6.29 Å². The molecule has 1 aliphatic carbocycles. The van der Waals surface area contributed by atoms with Gasteiger partial charge in [0.15, 0.2) is 0 Å². The second-order valence-electron chi connectivity index (χ2n) is 5.34. The third-order valence-electron chi connectivity index (χ3n) is 3.36. The van der Waals surface area contributed by atoms with E-state index in [1.807, 2.05) is 13.8 Å². The molecule has 0 amide bonds. The highest BCUT2D eigenvalue weighted by atomic mass is 16.5. The normalized spacial score (nSPS) is 19.6. The molecule has 1 rings (SSSR count). The third-order valence-corrected chi connectivity index (χ3v) is 3.36. The number of carbonyl (C=O) groups is 1. The standard InChI is InChI=1S/C13H25NO2/c1-12(2)16-9-8-14(3)10-13(11-15)6-4-5-7-13/h11-12H,4-10H2,1-3H3. The molecule has 0 saturated heterocycles. The van der Waals surface area contributed by atoms with Gasteiger partial charge in [-0.05, 0) is 33.7 Å². The minimum Gasteiger partial charge on any atom is -0.377 e. The van der Waals surface area contributed by atoms with Crippen molar-refractivity contribution in [2.75, 3.05) is 26.7 Å². The largest absolute Gasteiger partial charge is 0.377 e. The molecule has 3 heteroatoms. The van der Waals surface area contributed by atoms with Gasteiger partial charge in [-0.25, -0.2) is 0 Å². The summed E-state index contributed by atoms with van der Waals surface area (Å²) in [7, 11) is 2.08. The Morgan fingerprint density at radius 3 is 2.50 bits per heavy atom. The minimum atomic E-state index is -0.0629. The lowest BCUT2D eigenvalue weighted by molar-refractivity contribution is -0.117. The number of rotatable bonds is 7. The summed E-state index contributed by atoms with van der Waals surface area (Å²) in [5.41, 5.74) is -0.0629. The van der Waals surface area contributed by atoms with E-state index >= 15 is 0 Å². The molecule has 0 atom stereocenters. The number of carbonyl (C=O) groups excluding carboxylic acids is 1. The van der Waals surface area contributed by atoms with Gasteiger partial charge in [-0.1, -0.05) is 12.8 Å². The molecule has 0 spiro atoms. The van der Waals surface area contributed by atoms with Gasteiger partial charge >= 0.3 is 0 Å². The van der Waals surface area contributed by atoms with Crippen LogP contribution < -0.4 is 0 Å². The van der Waals surface area contributed by atoms with Gasteiger partial charge in [-0.3, -0.25) is 0 Å². The van der Waals surface area contributed by atoms with Crippen LogP contribution in [0.3, 0.4) is 0 Å². The van der Waals surface area contributed by atoms with Crippen LogP contribution in [-0.4, -0.2) is 44.0 Å².